The maximum Gasteiger partial charge on any atom is 0.400 e. The molecule has 0 fully saturated rings. The first kappa shape index (κ1) is 15.6. The molecule has 120 valence electrons. The van der Waals surface area contributed by atoms with Crippen molar-refractivity contribution in [3.8, 4) is 11.4 Å². The highest BCUT2D eigenvalue weighted by Crippen LogP contribution is 2.32. The van der Waals surface area contributed by atoms with Gasteiger partial charge in [0.05, 0.1) is 12.0 Å². The highest BCUT2D eigenvalue weighted by Gasteiger charge is 2.35. The molecule has 1 N–H and O–H groups in total. The second-order valence-corrected chi connectivity index (χ2v) is 5.39. The summed E-state index contributed by atoms with van der Waals surface area (Å²) in [6.45, 7) is 0. The number of imidazole rings is 1. The van der Waals surface area contributed by atoms with E-state index in [1.165, 1.54) is 0 Å². The monoisotopic (exact) mass is 340 g/mol. The van der Waals surface area contributed by atoms with Crippen LogP contribution in [0.25, 0.3) is 11.4 Å². The van der Waals surface area contributed by atoms with Gasteiger partial charge in [-0.15, -0.1) is 0 Å². The molecule has 2 aromatic heterocycles. The van der Waals surface area contributed by atoms with E-state index in [0.29, 0.717) is 16.8 Å². The molecular formula is C14H11ClF2N4O2. The number of halogens is 3. The number of alkyl halides is 3. The van der Waals surface area contributed by atoms with Crippen LogP contribution >= 0.6 is 11.6 Å². The Morgan fingerprint density at radius 2 is 2.17 bits per heavy atom. The fourth-order valence-electron chi connectivity index (χ4n) is 2.05. The minimum atomic E-state index is -3.73. The lowest BCUT2D eigenvalue weighted by Gasteiger charge is -2.09. The van der Waals surface area contributed by atoms with Crippen LogP contribution < -0.4 is 0 Å². The number of aliphatic hydroxyl groups is 1. The van der Waals surface area contributed by atoms with E-state index < -0.39 is 17.4 Å². The maximum atomic E-state index is 12.9. The third kappa shape index (κ3) is 3.22. The van der Waals surface area contributed by atoms with E-state index in [-0.39, 0.29) is 5.82 Å². The van der Waals surface area contributed by atoms with Gasteiger partial charge >= 0.3 is 11.3 Å². The molecule has 0 spiro atoms. The van der Waals surface area contributed by atoms with Crippen molar-refractivity contribution >= 4 is 11.6 Å². The van der Waals surface area contributed by atoms with Crippen LogP contribution in [0.2, 0.25) is 0 Å². The molecule has 0 radical (unpaired) electrons. The molecule has 0 aliphatic carbocycles. The number of benzene rings is 1. The van der Waals surface area contributed by atoms with Crippen LogP contribution in [0, 0.1) is 0 Å². The smallest absolute Gasteiger partial charge is 0.382 e. The van der Waals surface area contributed by atoms with Crippen LogP contribution in [0.3, 0.4) is 0 Å². The Balaban J connectivity index is 1.92. The number of nitrogens with zero attached hydrogens (tertiary/aromatic N) is 4. The molecule has 0 saturated heterocycles. The minimum absolute atomic E-state index is 0.0459. The summed E-state index contributed by atoms with van der Waals surface area (Å²) < 4.78 is 32.0. The third-order valence-electron chi connectivity index (χ3n) is 3.13. The Labute approximate surface area is 134 Å². The summed E-state index contributed by atoms with van der Waals surface area (Å²) in [5.74, 6) is -1.03. The second kappa shape index (κ2) is 5.71. The van der Waals surface area contributed by atoms with Crippen molar-refractivity contribution in [2.75, 3.05) is 0 Å². The summed E-state index contributed by atoms with van der Waals surface area (Å²) in [6, 6.07) is 6.50. The van der Waals surface area contributed by atoms with E-state index in [1.54, 1.807) is 48.4 Å². The number of hydrogen-bond donors (Lipinski definition) is 1. The zero-order chi connectivity index (χ0) is 16.6. The zero-order valence-electron chi connectivity index (χ0n) is 11.8. The van der Waals surface area contributed by atoms with Gasteiger partial charge in [0.2, 0.25) is 5.82 Å². The maximum absolute atomic E-state index is 12.9. The average molecular weight is 341 g/mol. The van der Waals surface area contributed by atoms with Crippen molar-refractivity contribution in [2.24, 2.45) is 7.05 Å². The molecule has 0 saturated carbocycles. The topological polar surface area (TPSA) is 77.0 Å². The van der Waals surface area contributed by atoms with E-state index in [2.05, 4.69) is 19.6 Å². The summed E-state index contributed by atoms with van der Waals surface area (Å²) >= 11 is 4.84. The highest BCUT2D eigenvalue weighted by atomic mass is 35.5. The molecule has 3 aromatic rings. The van der Waals surface area contributed by atoms with Crippen molar-refractivity contribution < 1.29 is 18.4 Å². The molecule has 0 bridgehead atoms. The predicted molar refractivity (Wildman–Crippen MR) is 76.8 cm³/mol. The summed E-state index contributed by atoms with van der Waals surface area (Å²) in [5, 5.41) is 10.1. The lowest BCUT2D eigenvalue weighted by Crippen LogP contribution is -2.03. The molecule has 1 aromatic carbocycles. The van der Waals surface area contributed by atoms with Gasteiger partial charge in [0.1, 0.15) is 6.10 Å². The predicted octanol–water partition coefficient (Wildman–Crippen LogP) is 2.84. The molecule has 1 unspecified atom stereocenters. The van der Waals surface area contributed by atoms with Crippen molar-refractivity contribution in [1.82, 2.24) is 19.7 Å². The van der Waals surface area contributed by atoms with Gasteiger partial charge < -0.3 is 14.2 Å². The largest absolute Gasteiger partial charge is 0.400 e. The zero-order valence-corrected chi connectivity index (χ0v) is 12.6. The van der Waals surface area contributed by atoms with Gasteiger partial charge in [0, 0.05) is 18.8 Å². The van der Waals surface area contributed by atoms with Gasteiger partial charge in [-0.1, -0.05) is 23.4 Å². The van der Waals surface area contributed by atoms with Crippen LogP contribution in [0.5, 0.6) is 0 Å². The van der Waals surface area contributed by atoms with Crippen molar-refractivity contribution in [3.63, 3.8) is 0 Å². The molecule has 0 aliphatic rings. The third-order valence-corrected chi connectivity index (χ3v) is 3.30. The van der Waals surface area contributed by atoms with Gasteiger partial charge in [-0.3, -0.25) is 0 Å². The quantitative estimate of drug-likeness (QED) is 0.739. The normalized spacial score (nSPS) is 13.3. The summed E-state index contributed by atoms with van der Waals surface area (Å²) in [5.41, 5.74) is 1.39. The molecule has 9 heteroatoms. The number of aliphatic hydroxyl groups excluding tert-OH is 1. The van der Waals surface area contributed by atoms with Crippen molar-refractivity contribution in [3.05, 3.63) is 53.9 Å². The van der Waals surface area contributed by atoms with Gasteiger partial charge in [-0.05, 0) is 23.2 Å². The Hall–Kier alpha value is -2.32. The SMILES string of the molecule is Cn1cnc(C(O)c2cccc(-c3noc(C(F)(F)Cl)n3)c2)c1. The average Bonchev–Trinajstić information content (AvgIpc) is 3.15. The summed E-state index contributed by atoms with van der Waals surface area (Å²) in [7, 11) is 1.78. The molecule has 0 aliphatic heterocycles. The van der Waals surface area contributed by atoms with Crippen LogP contribution in [-0.2, 0) is 12.4 Å². The number of aromatic nitrogens is 4. The van der Waals surface area contributed by atoms with Crippen molar-refractivity contribution in [1.29, 1.82) is 0 Å². The Bertz CT molecular complexity index is 828. The van der Waals surface area contributed by atoms with E-state index in [1.807, 2.05) is 0 Å². The fraction of sp³-hybridized carbons (Fsp3) is 0.214. The Morgan fingerprint density at radius 1 is 1.39 bits per heavy atom. The fourth-order valence-corrected chi connectivity index (χ4v) is 2.13. The van der Waals surface area contributed by atoms with E-state index in [9.17, 15) is 13.9 Å². The Morgan fingerprint density at radius 3 is 2.78 bits per heavy atom. The second-order valence-electron chi connectivity index (χ2n) is 4.91. The number of aryl methyl sites for hydroxylation is 1. The first-order valence-corrected chi connectivity index (χ1v) is 6.89. The van der Waals surface area contributed by atoms with Crippen LogP contribution in [-0.4, -0.2) is 24.8 Å². The Kier molecular flexibility index (Phi) is 3.87. The van der Waals surface area contributed by atoms with Crippen LogP contribution in [0.15, 0.2) is 41.3 Å². The molecule has 3 rings (SSSR count). The number of hydrogen-bond acceptors (Lipinski definition) is 5. The lowest BCUT2D eigenvalue weighted by atomic mass is 10.0. The van der Waals surface area contributed by atoms with E-state index in [4.69, 9.17) is 11.6 Å². The summed E-state index contributed by atoms with van der Waals surface area (Å²) in [6.07, 6.45) is 2.28. The van der Waals surface area contributed by atoms with Crippen molar-refractivity contribution in [2.45, 2.75) is 11.5 Å². The highest BCUT2D eigenvalue weighted by molar-refractivity contribution is 6.21. The molecule has 2 heterocycles. The van der Waals surface area contributed by atoms with Gasteiger partial charge in [-0.25, -0.2) is 4.98 Å². The molecule has 0 amide bonds. The minimum Gasteiger partial charge on any atom is -0.382 e. The summed E-state index contributed by atoms with van der Waals surface area (Å²) in [4.78, 5) is 7.65. The van der Waals surface area contributed by atoms with Gasteiger partial charge in [0.15, 0.2) is 0 Å². The first-order valence-electron chi connectivity index (χ1n) is 6.52. The molecule has 1 atom stereocenters. The van der Waals surface area contributed by atoms with Gasteiger partial charge in [-0.2, -0.15) is 13.8 Å². The molecule has 23 heavy (non-hydrogen) atoms. The van der Waals surface area contributed by atoms with Crippen LogP contribution in [0.1, 0.15) is 23.3 Å². The van der Waals surface area contributed by atoms with Crippen LogP contribution in [0.4, 0.5) is 8.78 Å². The number of rotatable bonds is 4. The van der Waals surface area contributed by atoms with E-state index in [0.717, 1.165) is 0 Å². The molecule has 6 nitrogen and oxygen atoms in total. The lowest BCUT2D eigenvalue weighted by molar-refractivity contribution is 0.0551. The first-order chi connectivity index (χ1) is 10.8. The van der Waals surface area contributed by atoms with Gasteiger partial charge in [0.25, 0.3) is 0 Å². The molecular weight excluding hydrogens is 330 g/mol. The van der Waals surface area contributed by atoms with E-state index >= 15 is 0 Å². The standard InChI is InChI=1S/C14H11ClF2N4O2/c1-21-6-10(18-7-21)11(22)8-3-2-4-9(5-8)12-19-13(23-20-12)14(15,16)17/h2-7,11,22H,1H3.